The number of hydrogen-bond acceptors (Lipinski definition) is 3. The molecule has 1 unspecified atom stereocenters. The van der Waals surface area contributed by atoms with Crippen molar-refractivity contribution in [2.45, 2.75) is 19.4 Å². The van der Waals surface area contributed by atoms with Gasteiger partial charge in [-0.25, -0.2) is 0 Å². The second-order valence-corrected chi connectivity index (χ2v) is 6.54. The van der Waals surface area contributed by atoms with E-state index in [0.717, 1.165) is 41.8 Å². The molecule has 0 spiro atoms. The van der Waals surface area contributed by atoms with Crippen molar-refractivity contribution in [3.05, 3.63) is 28.2 Å². The fourth-order valence-corrected chi connectivity index (χ4v) is 3.20. The first-order chi connectivity index (χ1) is 8.99. The molecule has 0 bridgehead atoms. The van der Waals surface area contributed by atoms with Crippen LogP contribution in [0.3, 0.4) is 0 Å². The van der Waals surface area contributed by atoms with Crippen molar-refractivity contribution in [3.63, 3.8) is 0 Å². The third kappa shape index (κ3) is 3.46. The Morgan fingerprint density at radius 3 is 2.84 bits per heavy atom. The van der Waals surface area contributed by atoms with Crippen molar-refractivity contribution in [1.29, 1.82) is 0 Å². The van der Waals surface area contributed by atoms with Gasteiger partial charge in [0.15, 0.2) is 0 Å². The van der Waals surface area contributed by atoms with E-state index < -0.39 is 0 Å². The van der Waals surface area contributed by atoms with Crippen molar-refractivity contribution in [3.8, 4) is 0 Å². The van der Waals surface area contributed by atoms with Crippen LogP contribution in [0, 0.1) is 0 Å². The number of thiocarbonyl (C=S) groups is 1. The minimum Gasteiger partial charge on any atom is -0.389 e. The van der Waals surface area contributed by atoms with Gasteiger partial charge >= 0.3 is 0 Å². The predicted molar refractivity (Wildman–Crippen MR) is 89.0 cm³/mol. The quantitative estimate of drug-likeness (QED) is 0.838. The first-order valence-corrected chi connectivity index (χ1v) is 7.73. The van der Waals surface area contributed by atoms with Gasteiger partial charge < -0.3 is 15.5 Å². The van der Waals surface area contributed by atoms with E-state index in [2.05, 4.69) is 45.8 Å². The number of nitrogens with zero attached hydrogens (tertiary/aromatic N) is 2. The van der Waals surface area contributed by atoms with Crippen molar-refractivity contribution in [1.82, 2.24) is 4.90 Å². The molecule has 1 aromatic carbocycles. The number of anilines is 1. The highest BCUT2D eigenvalue weighted by molar-refractivity contribution is 9.10. The Labute approximate surface area is 128 Å². The molecule has 104 valence electrons. The number of halogens is 1. The molecule has 0 aliphatic carbocycles. The Balaban J connectivity index is 2.38. The number of benzene rings is 1. The Morgan fingerprint density at radius 1 is 1.42 bits per heavy atom. The maximum Gasteiger partial charge on any atom is 0.106 e. The summed E-state index contributed by atoms with van der Waals surface area (Å²) < 4.78 is 1.06. The van der Waals surface area contributed by atoms with E-state index in [1.807, 2.05) is 12.1 Å². The van der Waals surface area contributed by atoms with Gasteiger partial charge in [-0.2, -0.15) is 0 Å². The van der Waals surface area contributed by atoms with Crippen LogP contribution in [0.4, 0.5) is 5.69 Å². The number of rotatable bonds is 2. The maximum absolute atomic E-state index is 5.86. The molecule has 1 fully saturated rings. The highest BCUT2D eigenvalue weighted by atomic mass is 79.9. The normalized spacial score (nSPS) is 21.2. The molecule has 1 aliphatic heterocycles. The maximum atomic E-state index is 5.86. The van der Waals surface area contributed by atoms with Gasteiger partial charge in [-0.05, 0) is 45.1 Å². The molecule has 3 nitrogen and oxygen atoms in total. The minimum absolute atomic E-state index is 0.454. The zero-order valence-corrected chi connectivity index (χ0v) is 13.8. The standard InChI is InChI=1S/C14H20BrN3S/c1-10-9-17(2)6-3-7-18(10)13-8-11(15)4-5-12(13)14(16)19/h4-5,8,10H,3,6-7,9H2,1-2H3,(H2,16,19). The highest BCUT2D eigenvalue weighted by Crippen LogP contribution is 2.28. The van der Waals surface area contributed by atoms with E-state index >= 15 is 0 Å². The lowest BCUT2D eigenvalue weighted by Gasteiger charge is -2.32. The Morgan fingerprint density at radius 2 is 2.16 bits per heavy atom. The van der Waals surface area contributed by atoms with Crippen LogP contribution in [0.5, 0.6) is 0 Å². The first kappa shape index (κ1) is 14.8. The molecule has 2 rings (SSSR count). The molecule has 19 heavy (non-hydrogen) atoms. The average molecular weight is 342 g/mol. The Hall–Kier alpha value is -0.650. The molecule has 0 saturated carbocycles. The van der Waals surface area contributed by atoms with Crippen LogP contribution in [0.15, 0.2) is 22.7 Å². The number of hydrogen-bond donors (Lipinski definition) is 1. The van der Waals surface area contributed by atoms with E-state index in [4.69, 9.17) is 18.0 Å². The summed E-state index contributed by atoms with van der Waals surface area (Å²) in [6.07, 6.45) is 1.16. The zero-order chi connectivity index (χ0) is 14.0. The average Bonchev–Trinajstić information content (AvgIpc) is 2.49. The molecule has 1 aliphatic rings. The van der Waals surface area contributed by atoms with Crippen LogP contribution in [0.1, 0.15) is 18.9 Å². The summed E-state index contributed by atoms with van der Waals surface area (Å²) >= 11 is 8.73. The second-order valence-electron chi connectivity index (χ2n) is 5.18. The third-order valence-electron chi connectivity index (χ3n) is 3.58. The molecule has 1 aromatic rings. The van der Waals surface area contributed by atoms with Crippen LogP contribution in [-0.4, -0.2) is 42.6 Å². The summed E-state index contributed by atoms with van der Waals surface area (Å²) in [7, 11) is 2.18. The Kier molecular flexibility index (Phi) is 4.81. The van der Waals surface area contributed by atoms with Gasteiger partial charge in [-0.3, -0.25) is 0 Å². The van der Waals surface area contributed by atoms with Crippen molar-refractivity contribution in [2.24, 2.45) is 5.73 Å². The van der Waals surface area contributed by atoms with Crippen LogP contribution in [-0.2, 0) is 0 Å². The van der Waals surface area contributed by atoms with E-state index in [1.165, 1.54) is 0 Å². The lowest BCUT2D eigenvalue weighted by Crippen LogP contribution is -2.39. The van der Waals surface area contributed by atoms with Gasteiger partial charge in [0.25, 0.3) is 0 Å². The molecule has 1 heterocycles. The lowest BCUT2D eigenvalue weighted by atomic mass is 10.1. The van der Waals surface area contributed by atoms with Gasteiger partial charge in [0.1, 0.15) is 4.99 Å². The zero-order valence-electron chi connectivity index (χ0n) is 11.4. The van der Waals surface area contributed by atoms with E-state index in [-0.39, 0.29) is 0 Å². The summed E-state index contributed by atoms with van der Waals surface area (Å²) in [5.74, 6) is 0. The molecule has 1 atom stereocenters. The second kappa shape index (κ2) is 6.20. The molecular formula is C14H20BrN3S. The number of nitrogens with two attached hydrogens (primary N) is 1. The van der Waals surface area contributed by atoms with Gasteiger partial charge in [0.2, 0.25) is 0 Å². The van der Waals surface area contributed by atoms with Gasteiger partial charge in [-0.15, -0.1) is 0 Å². The summed E-state index contributed by atoms with van der Waals surface area (Å²) in [5.41, 5.74) is 7.97. The van der Waals surface area contributed by atoms with Crippen molar-refractivity contribution >= 4 is 38.8 Å². The predicted octanol–water partition coefficient (Wildman–Crippen LogP) is 2.61. The molecule has 2 N–H and O–H groups in total. The van der Waals surface area contributed by atoms with Crippen molar-refractivity contribution < 1.29 is 0 Å². The first-order valence-electron chi connectivity index (χ1n) is 6.53. The smallest absolute Gasteiger partial charge is 0.106 e. The van der Waals surface area contributed by atoms with E-state index in [0.29, 0.717) is 11.0 Å². The summed E-state index contributed by atoms with van der Waals surface area (Å²) in [6, 6.07) is 6.57. The molecule has 5 heteroatoms. The van der Waals surface area contributed by atoms with Crippen LogP contribution in [0.2, 0.25) is 0 Å². The molecule has 0 radical (unpaired) electrons. The van der Waals surface area contributed by atoms with Crippen LogP contribution in [0.25, 0.3) is 0 Å². The van der Waals surface area contributed by atoms with Gasteiger partial charge in [-0.1, -0.05) is 28.1 Å². The number of likely N-dealkylation sites (N-methyl/N-ethyl adjacent to an activating group) is 1. The topological polar surface area (TPSA) is 32.5 Å². The SMILES string of the molecule is CC1CN(C)CCCN1c1cc(Br)ccc1C(N)=S. The molecule has 0 amide bonds. The monoisotopic (exact) mass is 341 g/mol. The largest absolute Gasteiger partial charge is 0.389 e. The fraction of sp³-hybridized carbons (Fsp3) is 0.500. The fourth-order valence-electron chi connectivity index (χ4n) is 2.68. The van der Waals surface area contributed by atoms with Crippen molar-refractivity contribution in [2.75, 3.05) is 31.6 Å². The van der Waals surface area contributed by atoms with Gasteiger partial charge in [0, 0.05) is 34.9 Å². The lowest BCUT2D eigenvalue weighted by molar-refractivity contribution is 0.337. The van der Waals surface area contributed by atoms with E-state index in [9.17, 15) is 0 Å². The van der Waals surface area contributed by atoms with Crippen LogP contribution < -0.4 is 10.6 Å². The van der Waals surface area contributed by atoms with Crippen LogP contribution >= 0.6 is 28.1 Å². The molecular weight excluding hydrogens is 322 g/mol. The molecule has 1 saturated heterocycles. The van der Waals surface area contributed by atoms with E-state index in [1.54, 1.807) is 0 Å². The Bertz CT molecular complexity index is 478. The molecule has 0 aromatic heterocycles. The highest BCUT2D eigenvalue weighted by Gasteiger charge is 2.22. The summed E-state index contributed by atoms with van der Waals surface area (Å²) in [5, 5.41) is 0. The summed E-state index contributed by atoms with van der Waals surface area (Å²) in [6.45, 7) is 5.49. The minimum atomic E-state index is 0.454. The van der Waals surface area contributed by atoms with Gasteiger partial charge in [0.05, 0.1) is 0 Å². The third-order valence-corrected chi connectivity index (χ3v) is 4.29. The summed E-state index contributed by atoms with van der Waals surface area (Å²) in [4.78, 5) is 5.26.